The summed E-state index contributed by atoms with van der Waals surface area (Å²) in [5.74, 6) is -3.12. The predicted octanol–water partition coefficient (Wildman–Crippen LogP) is 11.5. The van der Waals surface area contributed by atoms with E-state index in [2.05, 4.69) is 46.9 Å². The van der Waals surface area contributed by atoms with E-state index < -0.39 is 35.4 Å². The maximum absolute atomic E-state index is 13.9. The van der Waals surface area contributed by atoms with Crippen molar-refractivity contribution in [1.29, 1.82) is 0 Å². The summed E-state index contributed by atoms with van der Waals surface area (Å²) in [6, 6.07) is 13.9. The van der Waals surface area contributed by atoms with E-state index in [1.807, 2.05) is 111 Å². The van der Waals surface area contributed by atoms with Crippen molar-refractivity contribution in [3.63, 3.8) is 0 Å². The zero-order chi connectivity index (χ0) is 57.5. The van der Waals surface area contributed by atoms with Gasteiger partial charge in [0.05, 0.1) is 0 Å². The normalized spacial score (nSPS) is 11.0. The lowest BCUT2D eigenvalue weighted by Gasteiger charge is -2.22. The van der Waals surface area contributed by atoms with Gasteiger partial charge in [0.1, 0.15) is 34.2 Å². The molecule has 17 nitrogen and oxygen atoms in total. The van der Waals surface area contributed by atoms with Gasteiger partial charge in [0.15, 0.2) is 0 Å². The number of amides is 6. The first kappa shape index (κ1) is 56.5. The Morgan fingerprint density at radius 1 is 0.256 bits per heavy atom. The minimum Gasteiger partial charge on any atom is -0.398 e. The molecular weight excluding hydrogens is 983 g/mol. The molecule has 17 heteroatoms. The third kappa shape index (κ3) is 10.6. The number of pyridine rings is 3. The summed E-state index contributed by atoms with van der Waals surface area (Å²) in [4.78, 5) is 95.7. The molecular formula is C61H67N11O6. The second-order valence-corrected chi connectivity index (χ2v) is 20.0. The summed E-state index contributed by atoms with van der Waals surface area (Å²) in [7, 11) is 0. The Morgan fingerprint density at radius 2 is 0.385 bits per heavy atom. The molecule has 0 atom stereocenters. The molecule has 402 valence electrons. The van der Waals surface area contributed by atoms with Crippen LogP contribution >= 0.6 is 0 Å². The number of nitrogens with one attached hydrogen (secondary N) is 6. The van der Waals surface area contributed by atoms with Crippen molar-refractivity contribution in [1.82, 2.24) is 15.0 Å². The highest BCUT2D eigenvalue weighted by molar-refractivity contribution is 6.11. The smallest absolute Gasteiger partial charge is 0.274 e. The number of aromatic nitrogens is 3. The Balaban J connectivity index is 1.03. The third-order valence-corrected chi connectivity index (χ3v) is 15.7. The van der Waals surface area contributed by atoms with Crippen LogP contribution in [0.4, 0.5) is 45.5 Å². The average Bonchev–Trinajstić information content (AvgIpc) is 3.44. The van der Waals surface area contributed by atoms with E-state index >= 15 is 0 Å². The van der Waals surface area contributed by atoms with Gasteiger partial charge >= 0.3 is 0 Å². The molecule has 0 spiro atoms. The Labute approximate surface area is 454 Å². The van der Waals surface area contributed by atoms with Gasteiger partial charge in [0.25, 0.3) is 35.4 Å². The lowest BCUT2D eigenvalue weighted by Crippen LogP contribution is -2.22. The van der Waals surface area contributed by atoms with E-state index in [4.69, 9.17) is 11.5 Å². The fourth-order valence-corrected chi connectivity index (χ4v) is 9.56. The molecule has 0 radical (unpaired) electrons. The van der Waals surface area contributed by atoms with Crippen molar-refractivity contribution >= 4 is 80.9 Å². The third-order valence-electron chi connectivity index (χ3n) is 15.7. The molecule has 6 amide bonds. The minimum atomic E-state index is -0.558. The van der Waals surface area contributed by atoms with Gasteiger partial charge in [0, 0.05) is 45.5 Å². The van der Waals surface area contributed by atoms with Gasteiger partial charge in [0.2, 0.25) is 0 Å². The van der Waals surface area contributed by atoms with Crippen molar-refractivity contribution in [3.8, 4) is 0 Å². The highest BCUT2D eigenvalue weighted by Crippen LogP contribution is 2.38. The van der Waals surface area contributed by atoms with Crippen molar-refractivity contribution in [2.45, 2.75) is 111 Å². The number of hydrogen-bond acceptors (Lipinski definition) is 11. The number of rotatable bonds is 12. The summed E-state index contributed by atoms with van der Waals surface area (Å²) in [5, 5.41) is 17.9. The van der Waals surface area contributed by atoms with Gasteiger partial charge in [-0.15, -0.1) is 0 Å². The van der Waals surface area contributed by atoms with Crippen LogP contribution < -0.4 is 43.4 Å². The van der Waals surface area contributed by atoms with Crippen molar-refractivity contribution in [2.75, 3.05) is 43.4 Å². The molecule has 0 fully saturated rings. The second kappa shape index (κ2) is 22.1. The van der Waals surface area contributed by atoms with Crippen LogP contribution in [0.2, 0.25) is 0 Å². The molecule has 0 unspecified atom stereocenters. The molecule has 0 aliphatic carbocycles. The quantitative estimate of drug-likeness (QED) is 0.0533. The lowest BCUT2D eigenvalue weighted by molar-refractivity contribution is 0.0998. The second-order valence-electron chi connectivity index (χ2n) is 20.0. The molecule has 10 N–H and O–H groups in total. The highest BCUT2D eigenvalue weighted by Gasteiger charge is 2.25. The van der Waals surface area contributed by atoms with E-state index in [0.717, 1.165) is 44.5 Å². The van der Waals surface area contributed by atoms with E-state index in [-0.39, 0.29) is 34.2 Å². The minimum absolute atomic E-state index is 0.00851. The van der Waals surface area contributed by atoms with Gasteiger partial charge in [-0.2, -0.15) is 0 Å². The van der Waals surface area contributed by atoms with E-state index in [1.165, 1.54) is 24.3 Å². The van der Waals surface area contributed by atoms with E-state index in [1.54, 1.807) is 30.3 Å². The SMILES string of the molecule is Cc1c(C)c(NC(=O)c2cccc(C(=O)Nc3c(C)c(C)c(NC(=O)c4cccc(C(=O)Nc5c(C)c(C)c(NC(=O)c6cccc(C(=O)Nc7c(C)c(C)c(N)c(C)c7C)n6)c(C)c5C)n4)c(C)c3C)n2)c(C)c(C)c1N. The number of benzene rings is 4. The molecule has 0 aliphatic rings. The Bertz CT molecular complexity index is 3390. The van der Waals surface area contributed by atoms with Crippen molar-refractivity contribution in [3.05, 3.63) is 178 Å². The number of carbonyl (C=O) groups is 6. The maximum atomic E-state index is 13.9. The Kier molecular flexibility index (Phi) is 16.0. The number of hydrogen-bond donors (Lipinski definition) is 8. The molecule has 0 bridgehead atoms. The maximum Gasteiger partial charge on any atom is 0.274 e. The van der Waals surface area contributed by atoms with Crippen LogP contribution in [-0.4, -0.2) is 50.4 Å². The van der Waals surface area contributed by atoms with E-state index in [9.17, 15) is 28.8 Å². The fourth-order valence-electron chi connectivity index (χ4n) is 9.56. The van der Waals surface area contributed by atoms with Crippen molar-refractivity contribution < 1.29 is 28.8 Å². The average molecular weight is 1050 g/mol. The number of carbonyl (C=O) groups excluding carboxylic acids is 6. The van der Waals surface area contributed by atoms with Crippen LogP contribution in [0.1, 0.15) is 152 Å². The van der Waals surface area contributed by atoms with Gasteiger partial charge < -0.3 is 43.4 Å². The molecule has 7 rings (SSSR count). The molecule has 3 aromatic heterocycles. The fraction of sp³-hybridized carbons (Fsp3) is 0.262. The summed E-state index contributed by atoms with van der Waals surface area (Å²) in [6.45, 7) is 29.8. The Morgan fingerprint density at radius 3 is 0.526 bits per heavy atom. The zero-order valence-electron chi connectivity index (χ0n) is 47.1. The van der Waals surface area contributed by atoms with Gasteiger partial charge in [-0.3, -0.25) is 28.8 Å². The topological polar surface area (TPSA) is 265 Å². The molecule has 0 saturated heterocycles. The first-order valence-electron chi connectivity index (χ1n) is 25.4. The van der Waals surface area contributed by atoms with Gasteiger partial charge in [-0.1, -0.05) is 18.2 Å². The van der Waals surface area contributed by atoms with Crippen LogP contribution in [0.3, 0.4) is 0 Å². The summed E-state index contributed by atoms with van der Waals surface area (Å²) in [6.07, 6.45) is 0. The van der Waals surface area contributed by atoms with Gasteiger partial charge in [-0.05, 0) is 236 Å². The molecule has 4 aromatic carbocycles. The predicted molar refractivity (Wildman–Crippen MR) is 311 cm³/mol. The standard InChI is InChI=1S/C61H67N11O6/c1-26-30(5)50(31(6)27(2)48(26)62)67-56(73)42-20-17-22-44(64-42)58(75)69-52-34(9)38(13)54(39(14)35(52)10)71-60(77)46-24-19-25-47(66-46)61(78)72-55-40(15)36(11)53(37(12)41(55)16)70-59(76)45-23-18-21-43(65-45)57(74)68-51-32(7)28(3)49(63)29(4)33(51)8/h17-25H,62-63H2,1-16H3,(H,67,73)(H,68,74)(H,69,75)(H,70,76)(H,71,77)(H,72,78). The summed E-state index contributed by atoms with van der Waals surface area (Å²) >= 11 is 0. The highest BCUT2D eigenvalue weighted by atomic mass is 16.2. The molecule has 7 aromatic rings. The van der Waals surface area contributed by atoms with Crippen molar-refractivity contribution in [2.24, 2.45) is 0 Å². The first-order chi connectivity index (χ1) is 36.7. The van der Waals surface area contributed by atoms with Crippen LogP contribution in [0.15, 0.2) is 54.6 Å². The first-order valence-corrected chi connectivity index (χ1v) is 25.4. The lowest BCUT2D eigenvalue weighted by atomic mass is 9.95. The zero-order valence-corrected chi connectivity index (χ0v) is 47.1. The summed E-state index contributed by atoms with van der Waals surface area (Å²) in [5.41, 5.74) is 29.9. The number of nitrogens with two attached hydrogens (primary N) is 2. The molecule has 78 heavy (non-hydrogen) atoms. The van der Waals surface area contributed by atoms with Crippen LogP contribution in [0, 0.1) is 111 Å². The summed E-state index contributed by atoms with van der Waals surface area (Å²) < 4.78 is 0. The number of anilines is 8. The molecule has 0 aliphatic heterocycles. The van der Waals surface area contributed by atoms with E-state index in [0.29, 0.717) is 90.0 Å². The molecule has 0 saturated carbocycles. The monoisotopic (exact) mass is 1050 g/mol. The Hall–Kier alpha value is -9.25. The molecule has 3 heterocycles. The number of nitrogens with zero attached hydrogens (tertiary/aromatic N) is 3. The van der Waals surface area contributed by atoms with Gasteiger partial charge in [-0.25, -0.2) is 15.0 Å². The largest absolute Gasteiger partial charge is 0.398 e. The van der Waals surface area contributed by atoms with Crippen LogP contribution in [0.5, 0.6) is 0 Å². The van der Waals surface area contributed by atoms with Crippen LogP contribution in [0.25, 0.3) is 0 Å². The number of nitrogen functional groups attached to an aromatic ring is 2. The van der Waals surface area contributed by atoms with Crippen LogP contribution in [-0.2, 0) is 0 Å².